The molecule has 1 aromatic heterocycles. The monoisotopic (exact) mass is 279 g/mol. The van der Waals surface area contributed by atoms with Crippen molar-refractivity contribution >= 4 is 17.9 Å². The van der Waals surface area contributed by atoms with Crippen LogP contribution < -0.4 is 16.0 Å². The lowest BCUT2D eigenvalue weighted by molar-refractivity contribution is 0.0995. The number of primary amides is 1. The molecule has 2 rings (SSSR count). The van der Waals surface area contributed by atoms with Gasteiger partial charge in [-0.3, -0.25) is 4.79 Å². The zero-order valence-corrected chi connectivity index (χ0v) is 11.0. The Kier molecular flexibility index (Phi) is 4.34. The zero-order valence-electron chi connectivity index (χ0n) is 11.0. The van der Waals surface area contributed by atoms with Crippen LogP contribution in [0.3, 0.4) is 0 Å². The molecule has 8 nitrogen and oxygen atoms in total. The van der Waals surface area contributed by atoms with Gasteiger partial charge >= 0.3 is 6.09 Å². The smallest absolute Gasteiger partial charge is 0.404 e. The first-order valence-corrected chi connectivity index (χ1v) is 6.41. The van der Waals surface area contributed by atoms with Crippen molar-refractivity contribution in [3.05, 3.63) is 18.0 Å². The van der Waals surface area contributed by atoms with Gasteiger partial charge in [0.25, 0.3) is 5.91 Å². The van der Waals surface area contributed by atoms with Gasteiger partial charge in [-0.2, -0.15) is 0 Å². The molecule has 0 bridgehead atoms. The molecule has 1 aliphatic rings. The number of nitrogens with one attached hydrogen (secondary N) is 1. The van der Waals surface area contributed by atoms with Crippen molar-refractivity contribution in [3.63, 3.8) is 0 Å². The summed E-state index contributed by atoms with van der Waals surface area (Å²) < 4.78 is 0. The quantitative estimate of drug-likeness (QED) is 0.716. The maximum Gasteiger partial charge on any atom is 0.404 e. The van der Waals surface area contributed by atoms with E-state index in [1.807, 2.05) is 4.90 Å². The highest BCUT2D eigenvalue weighted by Crippen LogP contribution is 2.20. The van der Waals surface area contributed by atoms with Gasteiger partial charge in [0.1, 0.15) is 5.69 Å². The molecule has 0 atom stereocenters. The van der Waals surface area contributed by atoms with Gasteiger partial charge in [0.05, 0.1) is 0 Å². The van der Waals surface area contributed by atoms with Crippen molar-refractivity contribution in [1.82, 2.24) is 15.3 Å². The fraction of sp³-hybridized carbons (Fsp3) is 0.500. The summed E-state index contributed by atoms with van der Waals surface area (Å²) in [6.45, 7) is 1.92. The third-order valence-corrected chi connectivity index (χ3v) is 3.33. The minimum absolute atomic E-state index is 0.199. The average molecular weight is 279 g/mol. The van der Waals surface area contributed by atoms with Crippen LogP contribution in [0, 0.1) is 5.92 Å². The number of aromatic nitrogens is 2. The van der Waals surface area contributed by atoms with Gasteiger partial charge in [-0.15, -0.1) is 0 Å². The summed E-state index contributed by atoms with van der Waals surface area (Å²) in [5, 5.41) is 11.0. The van der Waals surface area contributed by atoms with Gasteiger partial charge in [-0.1, -0.05) is 0 Å². The minimum atomic E-state index is -0.995. The van der Waals surface area contributed by atoms with Gasteiger partial charge in [-0.25, -0.2) is 14.8 Å². The van der Waals surface area contributed by atoms with Crippen LogP contribution in [-0.4, -0.2) is 46.7 Å². The average Bonchev–Trinajstić information content (AvgIpc) is 2.46. The standard InChI is InChI=1S/C12H17N5O3/c13-10(18)9-1-4-14-11(16-9)17-5-2-8(3-6-17)7-15-12(19)20/h1,4,8,15H,2-3,5-7H2,(H2,13,18)(H,19,20). The molecule has 1 saturated heterocycles. The molecule has 20 heavy (non-hydrogen) atoms. The zero-order chi connectivity index (χ0) is 14.5. The lowest BCUT2D eigenvalue weighted by Gasteiger charge is -2.31. The van der Waals surface area contributed by atoms with Gasteiger partial charge in [0.2, 0.25) is 5.95 Å². The Hall–Kier alpha value is -2.38. The first-order chi connectivity index (χ1) is 9.56. The number of hydrogen-bond donors (Lipinski definition) is 3. The third kappa shape index (κ3) is 3.56. The number of carboxylic acid groups (broad SMARTS) is 1. The van der Waals surface area contributed by atoms with Gasteiger partial charge < -0.3 is 21.1 Å². The van der Waals surface area contributed by atoms with E-state index >= 15 is 0 Å². The number of amides is 2. The first kappa shape index (κ1) is 14.0. The van der Waals surface area contributed by atoms with E-state index in [1.54, 1.807) is 0 Å². The summed E-state index contributed by atoms with van der Waals surface area (Å²) in [4.78, 5) is 31.8. The van der Waals surface area contributed by atoms with Gasteiger partial charge in [-0.05, 0) is 24.8 Å². The Morgan fingerprint density at radius 1 is 1.45 bits per heavy atom. The minimum Gasteiger partial charge on any atom is -0.465 e. The van der Waals surface area contributed by atoms with Crippen LogP contribution in [0.15, 0.2) is 12.3 Å². The molecule has 8 heteroatoms. The van der Waals surface area contributed by atoms with Crippen molar-refractivity contribution in [2.45, 2.75) is 12.8 Å². The maximum absolute atomic E-state index is 11.1. The summed E-state index contributed by atoms with van der Waals surface area (Å²) in [5.74, 6) is 0.238. The van der Waals surface area contributed by atoms with Crippen molar-refractivity contribution < 1.29 is 14.7 Å². The summed E-state index contributed by atoms with van der Waals surface area (Å²) in [5.41, 5.74) is 5.39. The molecule has 0 radical (unpaired) electrons. The van der Waals surface area contributed by atoms with E-state index in [2.05, 4.69) is 15.3 Å². The second-order valence-corrected chi connectivity index (χ2v) is 4.72. The van der Waals surface area contributed by atoms with E-state index in [0.717, 1.165) is 25.9 Å². The molecular formula is C12H17N5O3. The van der Waals surface area contributed by atoms with E-state index in [-0.39, 0.29) is 5.69 Å². The highest BCUT2D eigenvalue weighted by Gasteiger charge is 2.21. The number of rotatable bonds is 4. The fourth-order valence-electron chi connectivity index (χ4n) is 2.21. The van der Waals surface area contributed by atoms with Crippen molar-refractivity contribution in [2.24, 2.45) is 11.7 Å². The summed E-state index contributed by atoms with van der Waals surface area (Å²) in [7, 11) is 0. The van der Waals surface area contributed by atoms with Crippen LogP contribution in [0.2, 0.25) is 0 Å². The molecule has 0 aromatic carbocycles. The lowest BCUT2D eigenvalue weighted by atomic mass is 9.97. The predicted octanol–water partition coefficient (Wildman–Crippen LogP) is 0.0595. The van der Waals surface area contributed by atoms with E-state index in [4.69, 9.17) is 10.8 Å². The Morgan fingerprint density at radius 2 is 2.15 bits per heavy atom. The maximum atomic E-state index is 11.1. The Morgan fingerprint density at radius 3 is 2.75 bits per heavy atom. The molecule has 4 N–H and O–H groups in total. The van der Waals surface area contributed by atoms with E-state index in [1.165, 1.54) is 12.3 Å². The molecule has 108 valence electrons. The summed E-state index contributed by atoms with van der Waals surface area (Å²) in [6, 6.07) is 1.48. The molecule has 2 heterocycles. The largest absolute Gasteiger partial charge is 0.465 e. The number of piperidine rings is 1. The molecule has 2 amide bonds. The summed E-state index contributed by atoms with van der Waals surface area (Å²) >= 11 is 0. The number of nitrogens with two attached hydrogens (primary N) is 1. The second-order valence-electron chi connectivity index (χ2n) is 4.72. The van der Waals surface area contributed by atoms with Gasteiger partial charge in [0, 0.05) is 25.8 Å². The first-order valence-electron chi connectivity index (χ1n) is 6.41. The molecule has 0 spiro atoms. The van der Waals surface area contributed by atoms with Gasteiger partial charge in [0.15, 0.2) is 0 Å². The van der Waals surface area contributed by atoms with E-state index in [0.29, 0.717) is 18.4 Å². The fourth-order valence-corrected chi connectivity index (χ4v) is 2.21. The molecule has 1 aromatic rings. The topological polar surface area (TPSA) is 121 Å². The Labute approximate surface area is 116 Å². The van der Waals surface area contributed by atoms with Crippen molar-refractivity contribution in [2.75, 3.05) is 24.5 Å². The molecular weight excluding hydrogens is 262 g/mol. The van der Waals surface area contributed by atoms with Crippen LogP contribution in [0.1, 0.15) is 23.3 Å². The number of carbonyl (C=O) groups is 2. The number of carbonyl (C=O) groups excluding carboxylic acids is 1. The Balaban J connectivity index is 1.92. The van der Waals surface area contributed by atoms with Crippen LogP contribution >= 0.6 is 0 Å². The van der Waals surface area contributed by atoms with Crippen molar-refractivity contribution in [1.29, 1.82) is 0 Å². The number of hydrogen-bond acceptors (Lipinski definition) is 5. The molecule has 0 aliphatic carbocycles. The Bertz CT molecular complexity index is 500. The molecule has 1 fully saturated rings. The third-order valence-electron chi connectivity index (χ3n) is 3.33. The van der Waals surface area contributed by atoms with Crippen LogP contribution in [-0.2, 0) is 0 Å². The van der Waals surface area contributed by atoms with E-state index < -0.39 is 12.0 Å². The van der Waals surface area contributed by atoms with Crippen LogP contribution in [0.5, 0.6) is 0 Å². The van der Waals surface area contributed by atoms with E-state index in [9.17, 15) is 9.59 Å². The number of anilines is 1. The highest BCUT2D eigenvalue weighted by atomic mass is 16.4. The molecule has 1 aliphatic heterocycles. The van der Waals surface area contributed by atoms with Crippen molar-refractivity contribution in [3.8, 4) is 0 Å². The predicted molar refractivity (Wildman–Crippen MR) is 71.5 cm³/mol. The number of nitrogens with zero attached hydrogens (tertiary/aromatic N) is 3. The molecule has 0 unspecified atom stereocenters. The lowest BCUT2D eigenvalue weighted by Crippen LogP contribution is -2.39. The highest BCUT2D eigenvalue weighted by molar-refractivity contribution is 5.90. The molecule has 0 saturated carbocycles. The second kappa shape index (κ2) is 6.18. The van der Waals surface area contributed by atoms with Crippen LogP contribution in [0.25, 0.3) is 0 Å². The normalized spacial score (nSPS) is 15.9. The summed E-state index contributed by atoms with van der Waals surface area (Å²) in [6.07, 6.45) is 2.22. The SMILES string of the molecule is NC(=O)c1ccnc(N2CCC(CNC(=O)O)CC2)n1. The van der Waals surface area contributed by atoms with Crippen LogP contribution in [0.4, 0.5) is 10.7 Å².